The van der Waals surface area contributed by atoms with Crippen LogP contribution in [0.3, 0.4) is 0 Å². The Hall–Kier alpha value is -2.60. The molecule has 1 N–H and O–H groups in total. The molecule has 1 amide bonds. The minimum Gasteiger partial charge on any atom is -0.486 e. The summed E-state index contributed by atoms with van der Waals surface area (Å²) in [5.41, 5.74) is 0.734. The number of amides is 1. The van der Waals surface area contributed by atoms with Crippen LogP contribution in [0.1, 0.15) is 37.6 Å². The van der Waals surface area contributed by atoms with Crippen LogP contribution in [0.5, 0.6) is 11.6 Å². The van der Waals surface area contributed by atoms with E-state index in [1.54, 1.807) is 18.3 Å². The molecule has 138 valence electrons. The van der Waals surface area contributed by atoms with E-state index in [-0.39, 0.29) is 17.6 Å². The highest BCUT2D eigenvalue weighted by Crippen LogP contribution is 2.28. The summed E-state index contributed by atoms with van der Waals surface area (Å²) < 4.78 is 17.0. The summed E-state index contributed by atoms with van der Waals surface area (Å²) in [4.78, 5) is 16.8. The topological polar surface area (TPSA) is 69.7 Å². The first-order valence-corrected chi connectivity index (χ1v) is 8.70. The van der Waals surface area contributed by atoms with Crippen LogP contribution in [-0.4, -0.2) is 35.8 Å². The molecule has 1 aliphatic rings. The van der Waals surface area contributed by atoms with E-state index in [4.69, 9.17) is 14.2 Å². The number of hydrogen-bond donors (Lipinski definition) is 1. The standard InChI is InChI=1S/C20H24N2O4/c1-20(2,3)26-17-7-5-4-6-16(17)22-19(23)14-8-10-21-18(12-14)25-15-9-11-24-13-15/h4-8,10,12,15H,9,11,13H2,1-3H3,(H,22,23). The van der Waals surface area contributed by atoms with Crippen LogP contribution in [0.25, 0.3) is 0 Å². The lowest BCUT2D eigenvalue weighted by Crippen LogP contribution is -2.24. The number of nitrogens with zero attached hydrogens (tertiary/aromatic N) is 1. The minimum absolute atomic E-state index is 0.0123. The maximum Gasteiger partial charge on any atom is 0.256 e. The fraction of sp³-hybridized carbons (Fsp3) is 0.400. The fourth-order valence-electron chi connectivity index (χ4n) is 2.57. The summed E-state index contributed by atoms with van der Waals surface area (Å²) >= 11 is 0. The Bertz CT molecular complexity index is 764. The lowest BCUT2D eigenvalue weighted by molar-refractivity contribution is 0.102. The van der Waals surface area contributed by atoms with E-state index in [0.29, 0.717) is 36.1 Å². The molecule has 1 aliphatic heterocycles. The molecule has 1 saturated heterocycles. The molecule has 2 aromatic rings. The van der Waals surface area contributed by atoms with E-state index in [0.717, 1.165) is 6.42 Å². The molecule has 26 heavy (non-hydrogen) atoms. The fourth-order valence-corrected chi connectivity index (χ4v) is 2.57. The van der Waals surface area contributed by atoms with Crippen molar-refractivity contribution in [3.63, 3.8) is 0 Å². The zero-order chi connectivity index (χ0) is 18.6. The second-order valence-electron chi connectivity index (χ2n) is 7.15. The lowest BCUT2D eigenvalue weighted by Gasteiger charge is -2.23. The Morgan fingerprint density at radius 2 is 2.08 bits per heavy atom. The smallest absolute Gasteiger partial charge is 0.256 e. The molecule has 1 aromatic heterocycles. The second kappa shape index (κ2) is 7.74. The number of rotatable bonds is 5. The maximum absolute atomic E-state index is 12.6. The predicted molar refractivity (Wildman–Crippen MR) is 98.9 cm³/mol. The minimum atomic E-state index is -0.359. The molecular formula is C20H24N2O4. The molecule has 6 heteroatoms. The van der Waals surface area contributed by atoms with Gasteiger partial charge >= 0.3 is 0 Å². The SMILES string of the molecule is CC(C)(C)Oc1ccccc1NC(=O)c1ccnc(OC2CCOC2)c1. The summed E-state index contributed by atoms with van der Waals surface area (Å²) in [5, 5.41) is 2.90. The Labute approximate surface area is 153 Å². The number of aromatic nitrogens is 1. The third-order valence-corrected chi connectivity index (χ3v) is 3.72. The predicted octanol–water partition coefficient (Wildman–Crippen LogP) is 3.68. The number of nitrogens with one attached hydrogen (secondary N) is 1. The van der Waals surface area contributed by atoms with E-state index in [1.165, 1.54) is 0 Å². The van der Waals surface area contributed by atoms with Crippen molar-refractivity contribution in [1.82, 2.24) is 4.98 Å². The highest BCUT2D eigenvalue weighted by Gasteiger charge is 2.19. The van der Waals surface area contributed by atoms with Crippen molar-refractivity contribution >= 4 is 11.6 Å². The van der Waals surface area contributed by atoms with Crippen LogP contribution in [-0.2, 0) is 4.74 Å². The number of pyridine rings is 1. The van der Waals surface area contributed by atoms with Crippen molar-refractivity contribution in [1.29, 1.82) is 0 Å². The monoisotopic (exact) mass is 356 g/mol. The van der Waals surface area contributed by atoms with Gasteiger partial charge in [0.1, 0.15) is 17.5 Å². The zero-order valence-corrected chi connectivity index (χ0v) is 15.3. The van der Waals surface area contributed by atoms with Crippen molar-refractivity contribution in [2.45, 2.75) is 38.9 Å². The molecule has 0 radical (unpaired) electrons. The third-order valence-electron chi connectivity index (χ3n) is 3.72. The lowest BCUT2D eigenvalue weighted by atomic mass is 10.2. The molecule has 1 aromatic carbocycles. The average molecular weight is 356 g/mol. The van der Waals surface area contributed by atoms with Gasteiger partial charge in [-0.2, -0.15) is 0 Å². The molecule has 0 spiro atoms. The van der Waals surface area contributed by atoms with Gasteiger partial charge in [0.25, 0.3) is 5.91 Å². The number of carbonyl (C=O) groups excluding carboxylic acids is 1. The molecule has 1 fully saturated rings. The summed E-state index contributed by atoms with van der Waals surface area (Å²) in [6, 6.07) is 10.7. The number of ether oxygens (including phenoxy) is 3. The molecule has 2 heterocycles. The highest BCUT2D eigenvalue weighted by atomic mass is 16.5. The van der Waals surface area contributed by atoms with Gasteiger partial charge in [0.15, 0.2) is 0 Å². The van der Waals surface area contributed by atoms with Crippen molar-refractivity contribution in [3.05, 3.63) is 48.2 Å². The molecule has 0 bridgehead atoms. The number of para-hydroxylation sites is 2. The van der Waals surface area contributed by atoms with Gasteiger partial charge in [0, 0.05) is 24.2 Å². The van der Waals surface area contributed by atoms with Gasteiger partial charge in [-0.3, -0.25) is 4.79 Å². The van der Waals surface area contributed by atoms with E-state index >= 15 is 0 Å². The largest absolute Gasteiger partial charge is 0.486 e. The van der Waals surface area contributed by atoms with Crippen LogP contribution in [0.15, 0.2) is 42.6 Å². The molecule has 6 nitrogen and oxygen atoms in total. The normalized spacial score (nSPS) is 17.0. The Balaban J connectivity index is 1.72. The van der Waals surface area contributed by atoms with Gasteiger partial charge in [-0.05, 0) is 39.0 Å². The Kier molecular flexibility index (Phi) is 5.42. The quantitative estimate of drug-likeness (QED) is 0.885. The summed E-state index contributed by atoms with van der Waals surface area (Å²) in [7, 11) is 0. The van der Waals surface area contributed by atoms with Gasteiger partial charge in [-0.15, -0.1) is 0 Å². The van der Waals surface area contributed by atoms with Crippen LogP contribution < -0.4 is 14.8 Å². The van der Waals surface area contributed by atoms with Crippen molar-refractivity contribution in [2.75, 3.05) is 18.5 Å². The van der Waals surface area contributed by atoms with Crippen LogP contribution in [0.4, 0.5) is 5.69 Å². The van der Waals surface area contributed by atoms with Crippen LogP contribution in [0.2, 0.25) is 0 Å². The van der Waals surface area contributed by atoms with Crippen molar-refractivity contribution in [2.24, 2.45) is 0 Å². The van der Waals surface area contributed by atoms with Gasteiger partial charge < -0.3 is 19.5 Å². The van der Waals surface area contributed by atoms with E-state index < -0.39 is 0 Å². The van der Waals surface area contributed by atoms with E-state index in [1.807, 2.05) is 45.0 Å². The van der Waals surface area contributed by atoms with Gasteiger partial charge in [0.05, 0.1) is 18.9 Å². The first-order chi connectivity index (χ1) is 12.4. The maximum atomic E-state index is 12.6. The molecule has 0 aliphatic carbocycles. The highest BCUT2D eigenvalue weighted by molar-refractivity contribution is 6.05. The number of hydrogen-bond acceptors (Lipinski definition) is 5. The molecule has 3 rings (SSSR count). The summed E-state index contributed by atoms with van der Waals surface area (Å²) in [6.07, 6.45) is 2.38. The van der Waals surface area contributed by atoms with Gasteiger partial charge in [-0.25, -0.2) is 4.98 Å². The molecule has 0 saturated carbocycles. The van der Waals surface area contributed by atoms with Gasteiger partial charge in [0.2, 0.25) is 5.88 Å². The van der Waals surface area contributed by atoms with Crippen molar-refractivity contribution < 1.29 is 19.0 Å². The Morgan fingerprint density at radius 1 is 1.27 bits per heavy atom. The number of anilines is 1. The average Bonchev–Trinajstić information content (AvgIpc) is 3.08. The van der Waals surface area contributed by atoms with Crippen LogP contribution in [0, 0.1) is 0 Å². The van der Waals surface area contributed by atoms with Crippen LogP contribution >= 0.6 is 0 Å². The molecular weight excluding hydrogens is 332 g/mol. The zero-order valence-electron chi connectivity index (χ0n) is 15.3. The molecule has 1 unspecified atom stereocenters. The first kappa shape index (κ1) is 18.2. The van der Waals surface area contributed by atoms with E-state index in [2.05, 4.69) is 10.3 Å². The third kappa shape index (κ3) is 4.95. The molecule has 1 atom stereocenters. The summed E-state index contributed by atoms with van der Waals surface area (Å²) in [6.45, 7) is 7.13. The van der Waals surface area contributed by atoms with Crippen molar-refractivity contribution in [3.8, 4) is 11.6 Å². The Morgan fingerprint density at radius 3 is 2.81 bits per heavy atom. The second-order valence-corrected chi connectivity index (χ2v) is 7.15. The summed E-state index contributed by atoms with van der Waals surface area (Å²) in [5.74, 6) is 0.805. The van der Waals surface area contributed by atoms with Gasteiger partial charge in [-0.1, -0.05) is 12.1 Å². The number of carbonyl (C=O) groups is 1. The number of benzene rings is 1. The van der Waals surface area contributed by atoms with E-state index in [9.17, 15) is 4.79 Å². The first-order valence-electron chi connectivity index (χ1n) is 8.70.